The van der Waals surface area contributed by atoms with Crippen molar-refractivity contribution in [3.05, 3.63) is 29.1 Å². The molecule has 0 aromatic heterocycles. The molecule has 100 valence electrons. The highest BCUT2D eigenvalue weighted by atomic mass is 32.2. The Balaban J connectivity index is 2.06. The zero-order chi connectivity index (χ0) is 13.3. The lowest BCUT2D eigenvalue weighted by Crippen LogP contribution is -2.39. The second-order valence-electron chi connectivity index (χ2n) is 5.35. The van der Waals surface area contributed by atoms with Crippen molar-refractivity contribution in [1.82, 2.24) is 4.72 Å². The molecule has 0 radical (unpaired) electrons. The third kappa shape index (κ3) is 2.96. The lowest BCUT2D eigenvalue weighted by molar-refractivity contribution is 0.356. The maximum absolute atomic E-state index is 13.8. The topological polar surface area (TPSA) is 44.3 Å². The van der Waals surface area contributed by atoms with Crippen LogP contribution >= 0.6 is 0 Å². The fourth-order valence-corrected chi connectivity index (χ4v) is 2.45. The van der Waals surface area contributed by atoms with Crippen LogP contribution in [0.2, 0.25) is 0 Å². The van der Waals surface area contributed by atoms with Gasteiger partial charge in [0.15, 0.2) is 0 Å². The molecule has 5 heteroatoms. The van der Waals surface area contributed by atoms with Crippen LogP contribution in [0.25, 0.3) is 0 Å². The lowest BCUT2D eigenvalue weighted by atomic mass is 10.1. The van der Waals surface area contributed by atoms with Crippen molar-refractivity contribution in [2.75, 3.05) is 6.61 Å². The molecule has 3 nitrogen and oxygen atoms in total. The number of nitrogens with one attached hydrogen (secondary N) is 1. The van der Waals surface area contributed by atoms with E-state index in [0.29, 0.717) is 12.2 Å². The van der Waals surface area contributed by atoms with Gasteiger partial charge in [-0.15, -0.1) is 4.72 Å². The highest BCUT2D eigenvalue weighted by Gasteiger charge is 2.26. The molecule has 1 N–H and O–H groups in total. The average Bonchev–Trinajstić information content (AvgIpc) is 2.70. The van der Waals surface area contributed by atoms with E-state index >= 15 is 0 Å². The normalized spacial score (nSPS) is 16.3. The monoisotopic (exact) mass is 271 g/mol. The van der Waals surface area contributed by atoms with Gasteiger partial charge in [-0.1, -0.05) is 0 Å². The number of rotatable bonds is 3. The zero-order valence-electron chi connectivity index (χ0n) is 10.9. The van der Waals surface area contributed by atoms with Gasteiger partial charge in [-0.25, -0.2) is 4.39 Å². The van der Waals surface area contributed by atoms with Crippen molar-refractivity contribution in [3.63, 3.8) is 0 Å². The first-order valence-electron chi connectivity index (χ1n) is 5.97. The van der Waals surface area contributed by atoms with Gasteiger partial charge in [-0.2, -0.15) is 0 Å². The molecule has 0 unspecified atom stereocenters. The van der Waals surface area contributed by atoms with E-state index in [1.54, 1.807) is 6.07 Å². The smallest absolute Gasteiger partial charge is 0.136 e. The molecular formula is C13H18FNO2S. The molecule has 0 aliphatic carbocycles. The molecular weight excluding hydrogens is 253 g/mol. The molecule has 0 saturated heterocycles. The van der Waals surface area contributed by atoms with Crippen molar-refractivity contribution in [3.8, 4) is 5.75 Å². The molecule has 1 heterocycles. The number of hydrogen-bond donors (Lipinski definition) is 1. The Morgan fingerprint density at radius 3 is 2.83 bits per heavy atom. The molecule has 2 rings (SSSR count). The predicted octanol–water partition coefficient (Wildman–Crippen LogP) is 2.31. The summed E-state index contributed by atoms with van der Waals surface area (Å²) in [4.78, 5) is 0. The van der Waals surface area contributed by atoms with Crippen LogP contribution in [0.3, 0.4) is 0 Å². The van der Waals surface area contributed by atoms with Crippen molar-refractivity contribution >= 4 is 11.4 Å². The Labute approximate surface area is 110 Å². The van der Waals surface area contributed by atoms with E-state index in [0.717, 1.165) is 17.7 Å². The SMILES string of the molecule is CC(C)(C)[S@@+]([O-])NCc1cc2c(cc1F)CCO2. The summed E-state index contributed by atoms with van der Waals surface area (Å²) in [6.07, 6.45) is 0.758. The first-order valence-corrected chi connectivity index (χ1v) is 7.12. The number of benzene rings is 1. The third-order valence-corrected chi connectivity index (χ3v) is 4.33. The third-order valence-electron chi connectivity index (χ3n) is 2.81. The second kappa shape index (κ2) is 5.07. The van der Waals surface area contributed by atoms with Crippen LogP contribution in [0.5, 0.6) is 5.75 Å². The molecule has 0 bridgehead atoms. The van der Waals surface area contributed by atoms with Crippen LogP contribution in [0.1, 0.15) is 31.9 Å². The summed E-state index contributed by atoms with van der Waals surface area (Å²) in [6, 6.07) is 3.21. The Bertz CT molecular complexity index is 445. The van der Waals surface area contributed by atoms with E-state index in [-0.39, 0.29) is 17.1 Å². The molecule has 18 heavy (non-hydrogen) atoms. The molecule has 0 saturated carbocycles. The number of hydrogen-bond acceptors (Lipinski definition) is 3. The van der Waals surface area contributed by atoms with Gasteiger partial charge >= 0.3 is 0 Å². The van der Waals surface area contributed by atoms with Gasteiger partial charge < -0.3 is 9.29 Å². The van der Waals surface area contributed by atoms with Gasteiger partial charge in [-0.05, 0) is 32.9 Å². The fourth-order valence-electron chi connectivity index (χ4n) is 1.73. The van der Waals surface area contributed by atoms with Crippen molar-refractivity contribution in [2.45, 2.75) is 38.5 Å². The largest absolute Gasteiger partial charge is 0.598 e. The summed E-state index contributed by atoms with van der Waals surface area (Å²) in [5.41, 5.74) is 1.40. The van der Waals surface area contributed by atoms with Gasteiger partial charge in [-0.3, -0.25) is 0 Å². The summed E-state index contributed by atoms with van der Waals surface area (Å²) < 4.78 is 33.5. The highest BCUT2D eigenvalue weighted by molar-refractivity contribution is 7.90. The van der Waals surface area contributed by atoms with Crippen molar-refractivity contribution < 1.29 is 13.7 Å². The highest BCUT2D eigenvalue weighted by Crippen LogP contribution is 2.28. The Kier molecular flexibility index (Phi) is 3.84. The molecule has 0 spiro atoms. The van der Waals surface area contributed by atoms with Crippen LogP contribution < -0.4 is 9.46 Å². The number of halogens is 1. The van der Waals surface area contributed by atoms with E-state index in [2.05, 4.69) is 4.72 Å². The lowest BCUT2D eigenvalue weighted by Gasteiger charge is -2.23. The predicted molar refractivity (Wildman–Crippen MR) is 70.3 cm³/mol. The quantitative estimate of drug-likeness (QED) is 0.858. The molecule has 1 aromatic rings. The molecule has 0 fully saturated rings. The van der Waals surface area contributed by atoms with Crippen molar-refractivity contribution in [2.24, 2.45) is 0 Å². The van der Waals surface area contributed by atoms with Crippen LogP contribution in [0, 0.1) is 5.82 Å². The maximum Gasteiger partial charge on any atom is 0.136 e. The van der Waals surface area contributed by atoms with Gasteiger partial charge in [0.1, 0.15) is 16.3 Å². The van der Waals surface area contributed by atoms with E-state index < -0.39 is 11.4 Å². The van der Waals surface area contributed by atoms with Gasteiger partial charge in [0.2, 0.25) is 0 Å². The summed E-state index contributed by atoms with van der Waals surface area (Å²) >= 11 is -1.20. The summed E-state index contributed by atoms with van der Waals surface area (Å²) in [7, 11) is 0. The first-order chi connectivity index (χ1) is 8.38. The Hall–Kier alpha value is -0.780. The maximum atomic E-state index is 13.8. The minimum atomic E-state index is -1.20. The van der Waals surface area contributed by atoms with E-state index in [1.807, 2.05) is 20.8 Å². The van der Waals surface area contributed by atoms with Gasteiger partial charge in [0, 0.05) is 28.9 Å². The van der Waals surface area contributed by atoms with Crippen LogP contribution in [0.15, 0.2) is 12.1 Å². The molecule has 1 aliphatic rings. The fraction of sp³-hybridized carbons (Fsp3) is 0.538. The van der Waals surface area contributed by atoms with Crippen molar-refractivity contribution in [1.29, 1.82) is 0 Å². The molecule has 1 atom stereocenters. The summed E-state index contributed by atoms with van der Waals surface area (Å²) in [5.74, 6) is 0.479. The average molecular weight is 271 g/mol. The molecule has 0 amide bonds. The minimum Gasteiger partial charge on any atom is -0.598 e. The first kappa shape index (κ1) is 13.6. The van der Waals surface area contributed by atoms with E-state index in [1.165, 1.54) is 6.07 Å². The summed E-state index contributed by atoms with van der Waals surface area (Å²) in [5, 5.41) is 0. The van der Waals surface area contributed by atoms with Gasteiger partial charge in [0.25, 0.3) is 0 Å². The van der Waals surface area contributed by atoms with Crippen LogP contribution in [-0.4, -0.2) is 15.9 Å². The summed E-state index contributed by atoms with van der Waals surface area (Å²) in [6.45, 7) is 6.47. The van der Waals surface area contributed by atoms with Crippen LogP contribution in [-0.2, 0) is 24.3 Å². The number of ether oxygens (including phenoxy) is 1. The zero-order valence-corrected chi connectivity index (χ0v) is 11.7. The standard InChI is InChI=1S/C13H18FNO2S/c1-13(2,3)18(16)15-8-10-7-12-9(4-5-17-12)6-11(10)14/h6-7,15H,4-5,8H2,1-3H3/t18-/m1/s1. The number of fused-ring (bicyclic) bond motifs is 1. The van der Waals surface area contributed by atoms with Crippen LogP contribution in [0.4, 0.5) is 4.39 Å². The van der Waals surface area contributed by atoms with E-state index in [9.17, 15) is 8.94 Å². The Morgan fingerprint density at radius 1 is 1.44 bits per heavy atom. The van der Waals surface area contributed by atoms with E-state index in [4.69, 9.17) is 4.74 Å². The second-order valence-corrected chi connectivity index (χ2v) is 7.40. The van der Waals surface area contributed by atoms with Gasteiger partial charge in [0.05, 0.1) is 13.2 Å². The molecule has 1 aromatic carbocycles. The Morgan fingerprint density at radius 2 is 2.17 bits per heavy atom. The minimum absolute atomic E-state index is 0.242. The molecule has 1 aliphatic heterocycles.